The third kappa shape index (κ3) is 3.78. The van der Waals surface area contributed by atoms with Gasteiger partial charge in [-0.05, 0) is 75.5 Å². The molecule has 3 heterocycles. The number of hydrogen-bond donors (Lipinski definition) is 1. The molecule has 4 aromatic rings. The molecule has 0 bridgehead atoms. The SMILES string of the molecule is Cc1cc(F)ccc1Nc1ncnc2c1cnn2-c1ccc(N2CC[C@H](N(C)C)C2)cc1. The average molecular weight is 432 g/mol. The van der Waals surface area contributed by atoms with Gasteiger partial charge in [0, 0.05) is 30.5 Å². The number of benzene rings is 2. The predicted molar refractivity (Wildman–Crippen MR) is 125 cm³/mol. The molecule has 0 saturated carbocycles. The van der Waals surface area contributed by atoms with Crippen molar-refractivity contribution in [1.82, 2.24) is 24.6 Å². The lowest BCUT2D eigenvalue weighted by Gasteiger charge is -2.22. The molecule has 1 N–H and O–H groups in total. The molecule has 32 heavy (non-hydrogen) atoms. The van der Waals surface area contributed by atoms with Crippen LogP contribution in [0.2, 0.25) is 0 Å². The topological polar surface area (TPSA) is 62.1 Å². The van der Waals surface area contributed by atoms with Gasteiger partial charge < -0.3 is 15.1 Å². The molecule has 0 spiro atoms. The highest BCUT2D eigenvalue weighted by atomic mass is 19.1. The van der Waals surface area contributed by atoms with E-state index in [4.69, 9.17) is 0 Å². The Balaban J connectivity index is 1.41. The number of rotatable bonds is 5. The van der Waals surface area contributed by atoms with Crippen molar-refractivity contribution in [3.05, 3.63) is 66.4 Å². The van der Waals surface area contributed by atoms with Crippen LogP contribution in [0, 0.1) is 12.7 Å². The number of hydrogen-bond acceptors (Lipinski definition) is 6. The number of aryl methyl sites for hydroxylation is 1. The zero-order valence-corrected chi connectivity index (χ0v) is 18.5. The van der Waals surface area contributed by atoms with E-state index in [1.54, 1.807) is 12.3 Å². The molecular weight excluding hydrogens is 405 g/mol. The van der Waals surface area contributed by atoms with Crippen LogP contribution in [0.1, 0.15) is 12.0 Å². The fraction of sp³-hybridized carbons (Fsp3) is 0.292. The lowest BCUT2D eigenvalue weighted by Crippen LogP contribution is -2.31. The van der Waals surface area contributed by atoms with Gasteiger partial charge in [0.05, 0.1) is 17.3 Å². The van der Waals surface area contributed by atoms with Gasteiger partial charge in [-0.15, -0.1) is 0 Å². The average Bonchev–Trinajstić information content (AvgIpc) is 3.44. The Morgan fingerprint density at radius 2 is 1.84 bits per heavy atom. The first kappa shape index (κ1) is 20.4. The van der Waals surface area contributed by atoms with Gasteiger partial charge >= 0.3 is 0 Å². The van der Waals surface area contributed by atoms with Crippen molar-refractivity contribution in [2.24, 2.45) is 0 Å². The van der Waals surface area contributed by atoms with Gasteiger partial charge in [0.25, 0.3) is 0 Å². The molecule has 2 aromatic carbocycles. The van der Waals surface area contributed by atoms with Gasteiger partial charge in [0.2, 0.25) is 0 Å². The van der Waals surface area contributed by atoms with Crippen molar-refractivity contribution in [1.29, 1.82) is 0 Å². The summed E-state index contributed by atoms with van der Waals surface area (Å²) in [5, 5.41) is 8.65. The smallest absolute Gasteiger partial charge is 0.168 e. The zero-order valence-electron chi connectivity index (χ0n) is 18.5. The minimum absolute atomic E-state index is 0.261. The van der Waals surface area contributed by atoms with Crippen LogP contribution in [0.5, 0.6) is 0 Å². The molecule has 5 rings (SSSR count). The highest BCUT2D eigenvalue weighted by Crippen LogP contribution is 2.28. The quantitative estimate of drug-likeness (QED) is 0.512. The number of nitrogens with zero attached hydrogens (tertiary/aromatic N) is 6. The second-order valence-electron chi connectivity index (χ2n) is 8.47. The fourth-order valence-corrected chi connectivity index (χ4v) is 4.23. The normalized spacial score (nSPS) is 16.3. The number of anilines is 3. The summed E-state index contributed by atoms with van der Waals surface area (Å²) in [5.41, 5.74) is 4.47. The molecule has 0 aliphatic carbocycles. The van der Waals surface area contributed by atoms with Crippen molar-refractivity contribution < 1.29 is 4.39 Å². The van der Waals surface area contributed by atoms with E-state index in [1.165, 1.54) is 30.6 Å². The maximum atomic E-state index is 13.4. The van der Waals surface area contributed by atoms with Crippen molar-refractivity contribution in [3.63, 3.8) is 0 Å². The molecule has 1 atom stereocenters. The first-order valence-corrected chi connectivity index (χ1v) is 10.7. The molecule has 1 aliphatic heterocycles. The molecule has 2 aromatic heterocycles. The number of aromatic nitrogens is 4. The van der Waals surface area contributed by atoms with Crippen molar-refractivity contribution in [2.75, 3.05) is 37.4 Å². The van der Waals surface area contributed by atoms with Crippen molar-refractivity contribution >= 4 is 28.2 Å². The molecule has 1 fully saturated rings. The molecule has 7 nitrogen and oxygen atoms in total. The zero-order chi connectivity index (χ0) is 22.2. The number of likely N-dealkylation sites (N-methyl/N-ethyl adjacent to an activating group) is 1. The molecule has 0 amide bonds. The summed E-state index contributed by atoms with van der Waals surface area (Å²) < 4.78 is 15.3. The maximum Gasteiger partial charge on any atom is 0.168 e. The van der Waals surface area contributed by atoms with Crippen LogP contribution in [0.4, 0.5) is 21.6 Å². The summed E-state index contributed by atoms with van der Waals surface area (Å²) in [7, 11) is 4.28. The van der Waals surface area contributed by atoms with E-state index >= 15 is 0 Å². The highest BCUT2D eigenvalue weighted by Gasteiger charge is 2.24. The summed E-state index contributed by atoms with van der Waals surface area (Å²) in [6.45, 7) is 3.97. The number of fused-ring (bicyclic) bond motifs is 1. The number of halogens is 1. The van der Waals surface area contributed by atoms with Crippen LogP contribution in [0.3, 0.4) is 0 Å². The summed E-state index contributed by atoms with van der Waals surface area (Å²) in [6, 6.07) is 13.7. The van der Waals surface area contributed by atoms with Crippen LogP contribution in [0.25, 0.3) is 16.7 Å². The van der Waals surface area contributed by atoms with E-state index in [-0.39, 0.29) is 5.82 Å². The molecule has 0 radical (unpaired) electrons. The summed E-state index contributed by atoms with van der Waals surface area (Å²) >= 11 is 0. The Hall–Kier alpha value is -3.52. The predicted octanol–water partition coefficient (Wildman–Crippen LogP) is 4.15. The molecule has 0 unspecified atom stereocenters. The van der Waals surface area contributed by atoms with Crippen molar-refractivity contribution in [2.45, 2.75) is 19.4 Å². The van der Waals surface area contributed by atoms with Crippen LogP contribution in [-0.2, 0) is 0 Å². The Bertz CT molecular complexity index is 1250. The third-order valence-electron chi connectivity index (χ3n) is 6.16. The Morgan fingerprint density at radius 3 is 2.56 bits per heavy atom. The monoisotopic (exact) mass is 431 g/mol. The first-order valence-electron chi connectivity index (χ1n) is 10.7. The molecule has 1 aliphatic rings. The van der Waals surface area contributed by atoms with Crippen LogP contribution < -0.4 is 10.2 Å². The minimum atomic E-state index is -0.261. The summed E-state index contributed by atoms with van der Waals surface area (Å²) in [6.07, 6.45) is 4.45. The van der Waals surface area contributed by atoms with E-state index in [0.717, 1.165) is 35.4 Å². The standard InChI is InChI=1S/C24H26FN7/c1-16-12-17(25)4-9-22(16)29-23-21-13-28-32(24(21)27-15-26-23)19-7-5-18(6-8-19)31-11-10-20(14-31)30(2)3/h4-9,12-13,15,20H,10-11,14H2,1-3H3,(H,26,27,29)/t20-/m0/s1. The fourth-order valence-electron chi connectivity index (χ4n) is 4.23. The van der Waals surface area contributed by atoms with E-state index in [1.807, 2.05) is 11.6 Å². The highest BCUT2D eigenvalue weighted by molar-refractivity contribution is 5.89. The van der Waals surface area contributed by atoms with Crippen LogP contribution >= 0.6 is 0 Å². The molecule has 8 heteroatoms. The van der Waals surface area contributed by atoms with E-state index in [0.29, 0.717) is 17.5 Å². The van der Waals surface area contributed by atoms with Gasteiger partial charge in [0.15, 0.2) is 5.65 Å². The molecule has 1 saturated heterocycles. The second kappa shape index (κ2) is 8.20. The first-order chi connectivity index (χ1) is 15.5. The third-order valence-corrected chi connectivity index (χ3v) is 6.16. The number of nitrogens with one attached hydrogen (secondary N) is 1. The van der Waals surface area contributed by atoms with Gasteiger partial charge in [0.1, 0.15) is 18.0 Å². The van der Waals surface area contributed by atoms with E-state index < -0.39 is 0 Å². The molecule has 164 valence electrons. The minimum Gasteiger partial charge on any atom is -0.370 e. The molecular formula is C24H26FN7. The van der Waals surface area contributed by atoms with Crippen LogP contribution in [-0.4, -0.2) is 57.9 Å². The van der Waals surface area contributed by atoms with Crippen molar-refractivity contribution in [3.8, 4) is 5.69 Å². The van der Waals surface area contributed by atoms with E-state index in [9.17, 15) is 4.39 Å². The Labute approximate surface area is 186 Å². The van der Waals surface area contributed by atoms with Gasteiger partial charge in [-0.2, -0.15) is 5.10 Å². The summed E-state index contributed by atoms with van der Waals surface area (Å²) in [5.74, 6) is 0.377. The lowest BCUT2D eigenvalue weighted by atomic mass is 10.2. The van der Waals surface area contributed by atoms with Gasteiger partial charge in [-0.25, -0.2) is 19.0 Å². The summed E-state index contributed by atoms with van der Waals surface area (Å²) in [4.78, 5) is 13.6. The Morgan fingerprint density at radius 1 is 1.06 bits per heavy atom. The lowest BCUT2D eigenvalue weighted by molar-refractivity contribution is 0.315. The largest absolute Gasteiger partial charge is 0.370 e. The van der Waals surface area contributed by atoms with Gasteiger partial charge in [-0.3, -0.25) is 0 Å². The van der Waals surface area contributed by atoms with E-state index in [2.05, 4.69) is 68.5 Å². The Kier molecular flexibility index (Phi) is 5.22. The maximum absolute atomic E-state index is 13.4. The van der Waals surface area contributed by atoms with Crippen LogP contribution in [0.15, 0.2) is 55.0 Å². The second-order valence-corrected chi connectivity index (χ2v) is 8.47. The van der Waals surface area contributed by atoms with Gasteiger partial charge in [-0.1, -0.05) is 0 Å².